The maximum Gasteiger partial charge on any atom is 0.416 e. The third-order valence-corrected chi connectivity index (χ3v) is 5.45. The maximum absolute atomic E-state index is 12.8. The van der Waals surface area contributed by atoms with Gasteiger partial charge in [0.25, 0.3) is 0 Å². The number of carbonyl (C=O) groups excluding carboxylic acids is 1. The van der Waals surface area contributed by atoms with Crippen molar-refractivity contribution in [3.05, 3.63) is 65.2 Å². The Labute approximate surface area is 173 Å². The van der Waals surface area contributed by atoms with Crippen molar-refractivity contribution in [1.82, 2.24) is 10.6 Å². The van der Waals surface area contributed by atoms with Crippen molar-refractivity contribution in [3.63, 3.8) is 0 Å². The number of nitrogens with one attached hydrogen (secondary N) is 2. The molecule has 1 saturated carbocycles. The summed E-state index contributed by atoms with van der Waals surface area (Å²) < 4.78 is 43.5. The predicted octanol–water partition coefficient (Wildman–Crippen LogP) is 4.38. The van der Waals surface area contributed by atoms with Crippen LogP contribution in [-0.2, 0) is 6.18 Å². The molecule has 0 heterocycles. The van der Waals surface area contributed by atoms with Crippen molar-refractivity contribution in [2.75, 3.05) is 13.7 Å². The third-order valence-electron chi connectivity index (χ3n) is 5.45. The van der Waals surface area contributed by atoms with Gasteiger partial charge in [-0.1, -0.05) is 36.8 Å². The van der Waals surface area contributed by atoms with Crippen LogP contribution < -0.4 is 15.4 Å². The fraction of sp³-hybridized carbons (Fsp3) is 0.409. The molecule has 1 aliphatic rings. The van der Waals surface area contributed by atoms with Crippen molar-refractivity contribution in [3.8, 4) is 5.75 Å². The second kappa shape index (κ2) is 9.38. The van der Waals surface area contributed by atoms with Crippen LogP contribution in [0.5, 0.6) is 5.75 Å². The Kier molecular flexibility index (Phi) is 6.87. The molecule has 1 unspecified atom stereocenters. The van der Waals surface area contributed by atoms with Gasteiger partial charge in [-0.3, -0.25) is 0 Å². The van der Waals surface area contributed by atoms with Gasteiger partial charge in [-0.25, -0.2) is 4.79 Å². The monoisotopic (exact) mass is 422 g/mol. The van der Waals surface area contributed by atoms with Crippen LogP contribution in [0.25, 0.3) is 0 Å². The predicted molar refractivity (Wildman–Crippen MR) is 106 cm³/mol. The Morgan fingerprint density at radius 3 is 2.53 bits per heavy atom. The van der Waals surface area contributed by atoms with E-state index in [-0.39, 0.29) is 18.5 Å². The van der Waals surface area contributed by atoms with Gasteiger partial charge in [-0.05, 0) is 36.6 Å². The molecule has 3 rings (SSSR count). The quantitative estimate of drug-likeness (QED) is 0.647. The largest absolute Gasteiger partial charge is 0.496 e. The first kappa shape index (κ1) is 22.0. The summed E-state index contributed by atoms with van der Waals surface area (Å²) in [6.45, 7) is 0.00384. The van der Waals surface area contributed by atoms with E-state index in [4.69, 9.17) is 4.74 Å². The number of halogens is 3. The summed E-state index contributed by atoms with van der Waals surface area (Å²) in [5, 5.41) is 15.9. The zero-order valence-corrected chi connectivity index (χ0v) is 16.6. The summed E-state index contributed by atoms with van der Waals surface area (Å²) in [5.41, 5.74) is 0.667. The first-order chi connectivity index (χ1) is 14.3. The standard InChI is InChI=1S/C22H25F3N2O3/c1-30-20-8-3-2-5-17(20)19(28)13-26-21(29)27-18-7-4-6-16(18)14-9-11-15(12-10-14)22(23,24)25/h2-3,5,8-12,16,18-19,28H,4,6-7,13H2,1H3,(H2,26,27,29)/t16-,18+,19?/m0/s1. The number of benzene rings is 2. The Hall–Kier alpha value is -2.74. The number of amides is 2. The molecule has 0 spiro atoms. The number of aliphatic hydroxyl groups excluding tert-OH is 1. The van der Waals surface area contributed by atoms with Crippen LogP contribution in [0, 0.1) is 0 Å². The molecule has 0 radical (unpaired) electrons. The second-order valence-electron chi connectivity index (χ2n) is 7.38. The van der Waals surface area contributed by atoms with E-state index < -0.39 is 23.9 Å². The lowest BCUT2D eigenvalue weighted by Gasteiger charge is -2.23. The number of carbonyl (C=O) groups is 1. The number of urea groups is 1. The lowest BCUT2D eigenvalue weighted by atomic mass is 9.93. The van der Waals surface area contributed by atoms with Crippen molar-refractivity contribution < 1.29 is 27.8 Å². The summed E-state index contributed by atoms with van der Waals surface area (Å²) in [7, 11) is 1.51. The number of ether oxygens (including phenoxy) is 1. The summed E-state index contributed by atoms with van der Waals surface area (Å²) in [5.74, 6) is 0.488. The fourth-order valence-corrected chi connectivity index (χ4v) is 3.91. The minimum Gasteiger partial charge on any atom is -0.496 e. The summed E-state index contributed by atoms with van der Waals surface area (Å²) in [4.78, 5) is 12.3. The highest BCUT2D eigenvalue weighted by Gasteiger charge is 2.33. The van der Waals surface area contributed by atoms with Gasteiger partial charge in [0.15, 0.2) is 0 Å². The molecule has 0 bridgehead atoms. The van der Waals surface area contributed by atoms with Gasteiger partial charge >= 0.3 is 12.2 Å². The lowest BCUT2D eigenvalue weighted by molar-refractivity contribution is -0.137. The van der Waals surface area contributed by atoms with E-state index in [1.165, 1.54) is 19.2 Å². The molecule has 0 aliphatic heterocycles. The highest BCUT2D eigenvalue weighted by atomic mass is 19.4. The van der Waals surface area contributed by atoms with Crippen LogP contribution in [0.3, 0.4) is 0 Å². The molecular formula is C22H25F3N2O3. The van der Waals surface area contributed by atoms with E-state index in [1.54, 1.807) is 24.3 Å². The van der Waals surface area contributed by atoms with Gasteiger partial charge < -0.3 is 20.5 Å². The number of hydrogen-bond donors (Lipinski definition) is 3. The van der Waals surface area contributed by atoms with Crippen LogP contribution in [0.15, 0.2) is 48.5 Å². The van der Waals surface area contributed by atoms with Crippen LogP contribution >= 0.6 is 0 Å². The van der Waals surface area contributed by atoms with Crippen molar-refractivity contribution in [2.45, 2.75) is 43.5 Å². The second-order valence-corrected chi connectivity index (χ2v) is 7.38. The molecule has 30 heavy (non-hydrogen) atoms. The number of hydrogen-bond acceptors (Lipinski definition) is 3. The fourth-order valence-electron chi connectivity index (χ4n) is 3.91. The molecule has 2 aromatic carbocycles. The minimum atomic E-state index is -4.37. The normalized spacial score (nSPS) is 19.9. The van der Waals surface area contributed by atoms with E-state index in [1.807, 2.05) is 0 Å². The number of alkyl halides is 3. The van der Waals surface area contributed by atoms with E-state index in [0.717, 1.165) is 37.0 Å². The van der Waals surface area contributed by atoms with Gasteiger partial charge in [-0.2, -0.15) is 13.2 Å². The summed E-state index contributed by atoms with van der Waals surface area (Å²) in [6.07, 6.45) is -2.89. The van der Waals surface area contributed by atoms with Gasteiger partial charge in [0, 0.05) is 24.1 Å². The first-order valence-corrected chi connectivity index (χ1v) is 9.82. The van der Waals surface area contributed by atoms with E-state index >= 15 is 0 Å². The molecule has 5 nitrogen and oxygen atoms in total. The molecule has 2 amide bonds. The average molecular weight is 422 g/mol. The molecule has 0 aromatic heterocycles. The number of aliphatic hydroxyl groups is 1. The Bertz CT molecular complexity index is 855. The zero-order valence-electron chi connectivity index (χ0n) is 16.6. The van der Waals surface area contributed by atoms with Crippen LogP contribution in [0.1, 0.15) is 48.0 Å². The zero-order chi connectivity index (χ0) is 21.7. The van der Waals surface area contributed by atoms with Gasteiger partial charge in [0.2, 0.25) is 0 Å². The van der Waals surface area contributed by atoms with Crippen molar-refractivity contribution >= 4 is 6.03 Å². The lowest BCUT2D eigenvalue weighted by Crippen LogP contribution is -2.44. The summed E-state index contributed by atoms with van der Waals surface area (Å²) >= 11 is 0. The molecule has 1 aliphatic carbocycles. The van der Waals surface area contributed by atoms with Crippen LogP contribution in [0.2, 0.25) is 0 Å². The van der Waals surface area contributed by atoms with Gasteiger partial charge in [0.1, 0.15) is 5.75 Å². The maximum atomic E-state index is 12.8. The van der Waals surface area contributed by atoms with Crippen LogP contribution in [0.4, 0.5) is 18.0 Å². The minimum absolute atomic E-state index is 0.00384. The first-order valence-electron chi connectivity index (χ1n) is 9.82. The Balaban J connectivity index is 1.56. The highest BCUT2D eigenvalue weighted by molar-refractivity contribution is 5.74. The van der Waals surface area contributed by atoms with Crippen molar-refractivity contribution in [2.24, 2.45) is 0 Å². The summed E-state index contributed by atoms with van der Waals surface area (Å²) in [6, 6.07) is 11.5. The van der Waals surface area contributed by atoms with E-state index in [0.29, 0.717) is 11.3 Å². The molecule has 2 aromatic rings. The Morgan fingerprint density at radius 2 is 1.87 bits per heavy atom. The number of para-hydroxylation sites is 1. The highest BCUT2D eigenvalue weighted by Crippen LogP contribution is 2.36. The molecule has 0 saturated heterocycles. The SMILES string of the molecule is COc1ccccc1C(O)CNC(=O)N[C@@H]1CCC[C@H]1c1ccc(C(F)(F)F)cc1. The molecule has 162 valence electrons. The molecule has 8 heteroatoms. The molecule has 3 N–H and O–H groups in total. The van der Waals surface area contributed by atoms with Gasteiger partial charge in [-0.15, -0.1) is 0 Å². The van der Waals surface area contributed by atoms with Gasteiger partial charge in [0.05, 0.1) is 18.8 Å². The molecular weight excluding hydrogens is 397 g/mol. The smallest absolute Gasteiger partial charge is 0.416 e. The number of methoxy groups -OCH3 is 1. The molecule has 3 atom stereocenters. The van der Waals surface area contributed by atoms with E-state index in [2.05, 4.69) is 10.6 Å². The third kappa shape index (κ3) is 5.24. The van der Waals surface area contributed by atoms with E-state index in [9.17, 15) is 23.1 Å². The Morgan fingerprint density at radius 1 is 1.17 bits per heavy atom. The average Bonchev–Trinajstić information content (AvgIpc) is 3.19. The molecule has 1 fully saturated rings. The van der Waals surface area contributed by atoms with Crippen molar-refractivity contribution in [1.29, 1.82) is 0 Å². The number of rotatable bonds is 6. The topological polar surface area (TPSA) is 70.6 Å². The van der Waals surface area contributed by atoms with Crippen LogP contribution in [-0.4, -0.2) is 30.8 Å².